The van der Waals surface area contributed by atoms with Crippen molar-refractivity contribution in [1.29, 1.82) is 0 Å². The third-order valence-electron chi connectivity index (χ3n) is 5.14. The third-order valence-corrected chi connectivity index (χ3v) is 5.14. The summed E-state index contributed by atoms with van der Waals surface area (Å²) in [4.78, 5) is 21.3. The van der Waals surface area contributed by atoms with Crippen molar-refractivity contribution in [2.24, 2.45) is 0 Å². The van der Waals surface area contributed by atoms with E-state index in [4.69, 9.17) is 4.98 Å². The van der Waals surface area contributed by atoms with E-state index in [1.807, 2.05) is 30.3 Å². The molecule has 8 heteroatoms. The largest absolute Gasteiger partial charge is 0.335 e. The molecule has 0 bridgehead atoms. The van der Waals surface area contributed by atoms with Crippen molar-refractivity contribution in [2.45, 2.75) is 0 Å². The van der Waals surface area contributed by atoms with Crippen LogP contribution in [0.3, 0.4) is 0 Å². The summed E-state index contributed by atoms with van der Waals surface area (Å²) in [5.74, 6) is 0.275. The predicted octanol–water partition coefficient (Wildman–Crippen LogP) is 4.76. The number of aromatic amines is 2. The normalized spacial score (nSPS) is 11.4. The molecule has 0 radical (unpaired) electrons. The Balaban J connectivity index is 1.51. The summed E-state index contributed by atoms with van der Waals surface area (Å²) in [6.07, 6.45) is 5.19. The number of pyridine rings is 3. The molecule has 0 amide bonds. The van der Waals surface area contributed by atoms with E-state index in [1.54, 1.807) is 30.7 Å². The number of nitrogens with zero attached hydrogens (tertiary/aromatic N) is 5. The van der Waals surface area contributed by atoms with Crippen LogP contribution >= 0.6 is 0 Å². The number of fused-ring (bicyclic) bond motifs is 2. The Kier molecular flexibility index (Phi) is 3.82. The van der Waals surface area contributed by atoms with Gasteiger partial charge in [0.1, 0.15) is 11.3 Å². The SMILES string of the molecule is Fc1ccc(-c2ccnc3nc(-c4n[nH]c5ccc(-c6cccnc6)nc45)[nH]c23)cc1. The monoisotopic (exact) mass is 407 g/mol. The van der Waals surface area contributed by atoms with Crippen LogP contribution in [0.25, 0.3) is 56.1 Å². The van der Waals surface area contributed by atoms with Crippen molar-refractivity contribution in [3.8, 4) is 33.9 Å². The Morgan fingerprint density at radius 3 is 2.58 bits per heavy atom. The average molecular weight is 407 g/mol. The lowest BCUT2D eigenvalue weighted by molar-refractivity contribution is 0.628. The van der Waals surface area contributed by atoms with Gasteiger partial charge in [0.15, 0.2) is 17.2 Å². The number of hydrogen-bond donors (Lipinski definition) is 2. The summed E-state index contributed by atoms with van der Waals surface area (Å²) >= 11 is 0. The molecular weight excluding hydrogens is 393 g/mol. The minimum Gasteiger partial charge on any atom is -0.335 e. The highest BCUT2D eigenvalue weighted by Crippen LogP contribution is 2.31. The molecule has 31 heavy (non-hydrogen) atoms. The van der Waals surface area contributed by atoms with Gasteiger partial charge in [-0.25, -0.2) is 19.3 Å². The second-order valence-electron chi connectivity index (χ2n) is 7.06. The molecule has 5 heterocycles. The Hall–Kier alpha value is -4.46. The Morgan fingerprint density at radius 1 is 0.839 bits per heavy atom. The van der Waals surface area contributed by atoms with E-state index in [2.05, 4.69) is 30.1 Å². The first-order valence-corrected chi connectivity index (χ1v) is 9.63. The smallest absolute Gasteiger partial charge is 0.178 e. The maximum absolute atomic E-state index is 13.4. The topological polar surface area (TPSA) is 96.0 Å². The van der Waals surface area contributed by atoms with Gasteiger partial charge in [-0.05, 0) is 48.0 Å². The molecule has 6 aromatic rings. The summed E-state index contributed by atoms with van der Waals surface area (Å²) in [7, 11) is 0. The van der Waals surface area contributed by atoms with E-state index in [9.17, 15) is 4.39 Å². The van der Waals surface area contributed by atoms with Crippen LogP contribution < -0.4 is 0 Å². The fourth-order valence-corrected chi connectivity index (χ4v) is 3.63. The molecular formula is C23H14FN7. The van der Waals surface area contributed by atoms with Crippen molar-refractivity contribution in [3.05, 3.63) is 79.0 Å². The molecule has 0 aliphatic rings. The molecule has 0 saturated carbocycles. The maximum atomic E-state index is 13.4. The van der Waals surface area contributed by atoms with Gasteiger partial charge in [0.05, 0.1) is 16.7 Å². The van der Waals surface area contributed by atoms with Crippen molar-refractivity contribution in [2.75, 3.05) is 0 Å². The van der Waals surface area contributed by atoms with Gasteiger partial charge in [0, 0.05) is 29.7 Å². The lowest BCUT2D eigenvalue weighted by atomic mass is 10.1. The molecule has 6 rings (SSSR count). The first-order valence-electron chi connectivity index (χ1n) is 9.63. The number of halogens is 1. The van der Waals surface area contributed by atoms with E-state index in [-0.39, 0.29) is 5.82 Å². The van der Waals surface area contributed by atoms with Crippen LogP contribution in [0, 0.1) is 5.82 Å². The summed E-state index contributed by atoms with van der Waals surface area (Å²) < 4.78 is 13.4. The lowest BCUT2D eigenvalue weighted by Gasteiger charge is -2.02. The van der Waals surface area contributed by atoms with Crippen LogP contribution in [0.4, 0.5) is 4.39 Å². The van der Waals surface area contributed by atoms with Gasteiger partial charge in [-0.2, -0.15) is 5.10 Å². The zero-order valence-corrected chi connectivity index (χ0v) is 16.0. The van der Waals surface area contributed by atoms with Crippen LogP contribution in [0.5, 0.6) is 0 Å². The van der Waals surface area contributed by atoms with Crippen LogP contribution in [0.15, 0.2) is 73.2 Å². The molecule has 7 nitrogen and oxygen atoms in total. The highest BCUT2D eigenvalue weighted by atomic mass is 19.1. The number of rotatable bonds is 3. The van der Waals surface area contributed by atoms with Crippen molar-refractivity contribution in [3.63, 3.8) is 0 Å². The van der Waals surface area contributed by atoms with E-state index in [0.717, 1.165) is 33.4 Å². The molecule has 0 unspecified atom stereocenters. The van der Waals surface area contributed by atoms with Crippen LogP contribution in [0.2, 0.25) is 0 Å². The zero-order valence-electron chi connectivity index (χ0n) is 16.0. The molecule has 148 valence electrons. The molecule has 0 fully saturated rings. The quantitative estimate of drug-likeness (QED) is 0.441. The zero-order chi connectivity index (χ0) is 20.8. The van der Waals surface area contributed by atoms with Gasteiger partial charge in [0.25, 0.3) is 0 Å². The average Bonchev–Trinajstić information content (AvgIpc) is 3.43. The van der Waals surface area contributed by atoms with E-state index in [1.165, 1.54) is 12.1 Å². The van der Waals surface area contributed by atoms with E-state index >= 15 is 0 Å². The second-order valence-corrected chi connectivity index (χ2v) is 7.06. The molecule has 5 aromatic heterocycles. The van der Waals surface area contributed by atoms with E-state index < -0.39 is 0 Å². The maximum Gasteiger partial charge on any atom is 0.178 e. The molecule has 0 aliphatic heterocycles. The van der Waals surface area contributed by atoms with Gasteiger partial charge < -0.3 is 4.98 Å². The standard InChI is InChI=1S/C23H14FN7/c24-15-5-3-13(4-6-15)16-9-11-26-22-19(16)28-23(29-22)21-20-18(30-31-21)8-7-17(27-20)14-2-1-10-25-12-14/h1-12H,(H,30,31)(H,26,28,29). The number of nitrogens with one attached hydrogen (secondary N) is 2. The number of imidazole rings is 1. The molecule has 2 N–H and O–H groups in total. The minimum atomic E-state index is -0.280. The number of H-pyrrole nitrogens is 2. The van der Waals surface area contributed by atoms with Gasteiger partial charge in [-0.3, -0.25) is 10.1 Å². The van der Waals surface area contributed by atoms with Crippen molar-refractivity contribution in [1.82, 2.24) is 35.1 Å². The van der Waals surface area contributed by atoms with Gasteiger partial charge in [-0.15, -0.1) is 0 Å². The Labute approximate surface area is 175 Å². The Morgan fingerprint density at radius 2 is 1.74 bits per heavy atom. The minimum absolute atomic E-state index is 0.280. The summed E-state index contributed by atoms with van der Waals surface area (Å²) in [6.45, 7) is 0. The van der Waals surface area contributed by atoms with Crippen molar-refractivity contribution < 1.29 is 4.39 Å². The Bertz CT molecular complexity index is 1540. The van der Waals surface area contributed by atoms with Gasteiger partial charge in [-0.1, -0.05) is 12.1 Å². The molecule has 0 spiro atoms. The predicted molar refractivity (Wildman–Crippen MR) is 115 cm³/mol. The summed E-state index contributed by atoms with van der Waals surface area (Å²) in [5.41, 5.74) is 6.87. The highest BCUT2D eigenvalue weighted by molar-refractivity contribution is 5.94. The number of aromatic nitrogens is 7. The third kappa shape index (κ3) is 2.93. The van der Waals surface area contributed by atoms with Gasteiger partial charge in [0.2, 0.25) is 0 Å². The van der Waals surface area contributed by atoms with Crippen LogP contribution in [-0.4, -0.2) is 35.1 Å². The van der Waals surface area contributed by atoms with Crippen LogP contribution in [0.1, 0.15) is 0 Å². The fraction of sp³-hybridized carbons (Fsp3) is 0. The van der Waals surface area contributed by atoms with Gasteiger partial charge >= 0.3 is 0 Å². The van der Waals surface area contributed by atoms with E-state index in [0.29, 0.717) is 22.7 Å². The molecule has 1 aromatic carbocycles. The first kappa shape index (κ1) is 17.4. The fourth-order valence-electron chi connectivity index (χ4n) is 3.63. The second kappa shape index (κ2) is 6.81. The molecule has 0 aliphatic carbocycles. The lowest BCUT2D eigenvalue weighted by Crippen LogP contribution is -1.87. The molecule has 0 atom stereocenters. The summed E-state index contributed by atoms with van der Waals surface area (Å²) in [6, 6.07) is 15.9. The number of benzene rings is 1. The summed E-state index contributed by atoms with van der Waals surface area (Å²) in [5, 5.41) is 7.45. The number of hydrogen-bond acceptors (Lipinski definition) is 5. The highest BCUT2D eigenvalue weighted by Gasteiger charge is 2.17. The van der Waals surface area contributed by atoms with Crippen molar-refractivity contribution >= 4 is 22.2 Å². The van der Waals surface area contributed by atoms with Crippen LogP contribution in [-0.2, 0) is 0 Å². The first-order chi connectivity index (χ1) is 15.3. The molecule has 0 saturated heterocycles.